The van der Waals surface area contributed by atoms with Crippen LogP contribution in [0.5, 0.6) is 5.75 Å². The number of nitro groups is 1. The maximum absolute atomic E-state index is 12.0. The summed E-state index contributed by atoms with van der Waals surface area (Å²) in [4.78, 5) is 22.3. The normalized spacial score (nSPS) is 25.3. The van der Waals surface area contributed by atoms with Gasteiger partial charge in [0.05, 0.1) is 4.92 Å². The van der Waals surface area contributed by atoms with Crippen molar-refractivity contribution in [3.8, 4) is 5.75 Å². The number of nitrogens with zero attached hydrogens (tertiary/aromatic N) is 1. The molecule has 126 valence electrons. The molecule has 1 aromatic rings. The van der Waals surface area contributed by atoms with Crippen molar-refractivity contribution in [2.24, 2.45) is 0 Å². The second-order valence-electron chi connectivity index (χ2n) is 5.89. The first-order valence-electron chi connectivity index (χ1n) is 7.53. The number of piperidine rings is 1. The summed E-state index contributed by atoms with van der Waals surface area (Å²) in [5.41, 5.74) is -0.129. The SMILES string of the molecule is Cl.O=C(COc1ccccc1[N+](=O)[O-])NC1CC2CCC(C1)N2. The number of ether oxygens (including phenoxy) is 1. The van der Waals surface area contributed by atoms with E-state index in [9.17, 15) is 14.9 Å². The molecule has 2 fully saturated rings. The zero-order chi connectivity index (χ0) is 15.5. The summed E-state index contributed by atoms with van der Waals surface area (Å²) < 4.78 is 5.30. The Balaban J connectivity index is 0.00000192. The van der Waals surface area contributed by atoms with E-state index in [-0.39, 0.29) is 42.4 Å². The molecule has 2 aliphatic heterocycles. The number of benzene rings is 1. The van der Waals surface area contributed by atoms with Crippen molar-refractivity contribution in [1.29, 1.82) is 0 Å². The van der Waals surface area contributed by atoms with E-state index in [1.807, 2.05) is 0 Å². The first-order chi connectivity index (χ1) is 10.6. The third-order valence-electron chi connectivity index (χ3n) is 4.26. The number of rotatable bonds is 5. The lowest BCUT2D eigenvalue weighted by atomic mass is 10.00. The van der Waals surface area contributed by atoms with Crippen LogP contribution in [-0.4, -0.2) is 35.6 Å². The Morgan fingerprint density at radius 3 is 2.61 bits per heavy atom. The van der Waals surface area contributed by atoms with Crippen molar-refractivity contribution < 1.29 is 14.5 Å². The molecular formula is C15H20ClN3O4. The predicted octanol–water partition coefficient (Wildman–Crippen LogP) is 1.79. The molecule has 2 saturated heterocycles. The molecule has 2 unspecified atom stereocenters. The van der Waals surface area contributed by atoms with Gasteiger partial charge in [-0.15, -0.1) is 12.4 Å². The quantitative estimate of drug-likeness (QED) is 0.629. The van der Waals surface area contributed by atoms with Gasteiger partial charge in [-0.3, -0.25) is 14.9 Å². The van der Waals surface area contributed by atoms with Gasteiger partial charge >= 0.3 is 5.69 Å². The molecule has 2 aliphatic rings. The number of hydrogen-bond acceptors (Lipinski definition) is 5. The summed E-state index contributed by atoms with van der Waals surface area (Å²) in [6.07, 6.45) is 4.22. The molecule has 0 saturated carbocycles. The zero-order valence-electron chi connectivity index (χ0n) is 12.6. The third kappa shape index (κ3) is 4.33. The summed E-state index contributed by atoms with van der Waals surface area (Å²) in [6.45, 7) is -0.204. The van der Waals surface area contributed by atoms with Gasteiger partial charge in [0.1, 0.15) is 0 Å². The second kappa shape index (κ2) is 7.61. The minimum atomic E-state index is -0.516. The van der Waals surface area contributed by atoms with E-state index in [4.69, 9.17) is 4.74 Å². The standard InChI is InChI=1S/C15H19N3O4.ClH/c19-15(17-12-7-10-5-6-11(8-12)16-10)9-22-14-4-2-1-3-13(14)18(20)21;/h1-4,10-12,16H,5-9H2,(H,17,19);1H. The van der Waals surface area contributed by atoms with E-state index in [0.29, 0.717) is 12.1 Å². The Bertz CT molecular complexity index is 572. The molecule has 2 bridgehead atoms. The highest BCUT2D eigenvalue weighted by Gasteiger charge is 2.34. The minimum absolute atomic E-state index is 0. The van der Waals surface area contributed by atoms with E-state index in [0.717, 1.165) is 12.8 Å². The van der Waals surface area contributed by atoms with Gasteiger partial charge in [0, 0.05) is 24.2 Å². The van der Waals surface area contributed by atoms with Gasteiger partial charge in [-0.25, -0.2) is 0 Å². The molecule has 2 atom stereocenters. The van der Waals surface area contributed by atoms with Crippen LogP contribution in [0.25, 0.3) is 0 Å². The monoisotopic (exact) mass is 341 g/mol. The highest BCUT2D eigenvalue weighted by atomic mass is 35.5. The Kier molecular flexibility index (Phi) is 5.79. The van der Waals surface area contributed by atoms with Gasteiger partial charge in [-0.2, -0.15) is 0 Å². The van der Waals surface area contributed by atoms with Crippen LogP contribution in [0.1, 0.15) is 25.7 Å². The van der Waals surface area contributed by atoms with Crippen molar-refractivity contribution in [3.05, 3.63) is 34.4 Å². The Labute approximate surface area is 140 Å². The lowest BCUT2D eigenvalue weighted by Gasteiger charge is -2.29. The fourth-order valence-corrected chi connectivity index (χ4v) is 3.32. The van der Waals surface area contributed by atoms with E-state index < -0.39 is 4.92 Å². The minimum Gasteiger partial charge on any atom is -0.477 e. The lowest BCUT2D eigenvalue weighted by molar-refractivity contribution is -0.385. The molecular weight excluding hydrogens is 322 g/mol. The molecule has 8 heteroatoms. The maximum atomic E-state index is 12.0. The molecule has 23 heavy (non-hydrogen) atoms. The van der Waals surface area contributed by atoms with Crippen LogP contribution in [0.4, 0.5) is 5.69 Å². The number of carbonyl (C=O) groups is 1. The Hall–Kier alpha value is -1.86. The second-order valence-corrected chi connectivity index (χ2v) is 5.89. The molecule has 3 rings (SSSR count). The highest BCUT2D eigenvalue weighted by molar-refractivity contribution is 5.85. The molecule has 0 aromatic heterocycles. The summed E-state index contributed by atoms with van der Waals surface area (Å²) in [5.74, 6) is -0.113. The van der Waals surface area contributed by atoms with E-state index >= 15 is 0 Å². The van der Waals surface area contributed by atoms with Gasteiger partial charge in [0.2, 0.25) is 0 Å². The smallest absolute Gasteiger partial charge is 0.310 e. The molecule has 2 N–H and O–H groups in total. The van der Waals surface area contributed by atoms with Gasteiger partial charge < -0.3 is 15.4 Å². The number of nitrogens with one attached hydrogen (secondary N) is 2. The Morgan fingerprint density at radius 2 is 1.96 bits per heavy atom. The van der Waals surface area contributed by atoms with E-state index in [2.05, 4.69) is 10.6 Å². The fraction of sp³-hybridized carbons (Fsp3) is 0.533. The average Bonchev–Trinajstić information content (AvgIpc) is 2.84. The van der Waals surface area contributed by atoms with Crippen LogP contribution in [0.15, 0.2) is 24.3 Å². The predicted molar refractivity (Wildman–Crippen MR) is 86.9 cm³/mol. The fourth-order valence-electron chi connectivity index (χ4n) is 3.32. The van der Waals surface area contributed by atoms with Crippen LogP contribution in [-0.2, 0) is 4.79 Å². The first kappa shape index (κ1) is 17.5. The Morgan fingerprint density at radius 1 is 1.30 bits per heavy atom. The summed E-state index contributed by atoms with van der Waals surface area (Å²) >= 11 is 0. The summed E-state index contributed by atoms with van der Waals surface area (Å²) in [5, 5.41) is 17.4. The first-order valence-corrected chi connectivity index (χ1v) is 7.53. The number of nitro benzene ring substituents is 1. The topological polar surface area (TPSA) is 93.5 Å². The molecule has 1 aromatic carbocycles. The van der Waals surface area contributed by atoms with Crippen LogP contribution in [0.3, 0.4) is 0 Å². The summed E-state index contributed by atoms with van der Waals surface area (Å²) in [6, 6.07) is 7.23. The maximum Gasteiger partial charge on any atom is 0.310 e. The average molecular weight is 342 g/mol. The molecule has 0 aliphatic carbocycles. The number of amides is 1. The third-order valence-corrected chi connectivity index (χ3v) is 4.26. The summed E-state index contributed by atoms with van der Waals surface area (Å²) in [7, 11) is 0. The van der Waals surface area contributed by atoms with Crippen LogP contribution in [0, 0.1) is 10.1 Å². The van der Waals surface area contributed by atoms with E-state index in [1.165, 1.54) is 25.0 Å². The van der Waals surface area contributed by atoms with Crippen LogP contribution in [0.2, 0.25) is 0 Å². The molecule has 1 amide bonds. The molecule has 0 spiro atoms. The number of para-hydroxylation sites is 2. The van der Waals surface area contributed by atoms with Crippen molar-refractivity contribution in [3.63, 3.8) is 0 Å². The van der Waals surface area contributed by atoms with Crippen molar-refractivity contribution in [1.82, 2.24) is 10.6 Å². The zero-order valence-corrected chi connectivity index (χ0v) is 13.4. The number of fused-ring (bicyclic) bond motifs is 2. The van der Waals surface area contributed by atoms with E-state index in [1.54, 1.807) is 12.1 Å². The lowest BCUT2D eigenvalue weighted by Crippen LogP contribution is -2.48. The number of hydrogen-bond donors (Lipinski definition) is 2. The number of halogens is 1. The van der Waals surface area contributed by atoms with Crippen molar-refractivity contribution in [2.75, 3.05) is 6.61 Å². The van der Waals surface area contributed by atoms with Gasteiger partial charge in [-0.05, 0) is 31.7 Å². The van der Waals surface area contributed by atoms with Crippen molar-refractivity contribution >= 4 is 24.0 Å². The van der Waals surface area contributed by atoms with Gasteiger partial charge in [0.25, 0.3) is 5.91 Å². The van der Waals surface area contributed by atoms with Gasteiger partial charge in [0.15, 0.2) is 12.4 Å². The van der Waals surface area contributed by atoms with Crippen LogP contribution < -0.4 is 15.4 Å². The molecule has 7 nitrogen and oxygen atoms in total. The van der Waals surface area contributed by atoms with Crippen LogP contribution >= 0.6 is 12.4 Å². The number of carbonyl (C=O) groups excluding carboxylic acids is 1. The van der Waals surface area contributed by atoms with Crippen molar-refractivity contribution in [2.45, 2.75) is 43.8 Å². The molecule has 0 radical (unpaired) electrons. The molecule has 2 heterocycles. The highest BCUT2D eigenvalue weighted by Crippen LogP contribution is 2.27. The van der Waals surface area contributed by atoms with Gasteiger partial charge in [-0.1, -0.05) is 12.1 Å². The largest absolute Gasteiger partial charge is 0.477 e.